The molecule has 0 amide bonds. The fourth-order valence-corrected chi connectivity index (χ4v) is 0.556. The molecule has 0 aliphatic carbocycles. The Balaban J connectivity index is 3.81. The van der Waals surface area contributed by atoms with Gasteiger partial charge in [0.05, 0.1) is 0 Å². The van der Waals surface area contributed by atoms with Crippen molar-refractivity contribution in [2.24, 2.45) is 5.92 Å². The van der Waals surface area contributed by atoms with E-state index >= 15 is 0 Å². The summed E-state index contributed by atoms with van der Waals surface area (Å²) in [6, 6.07) is 0. The quantitative estimate of drug-likeness (QED) is 0.551. The highest BCUT2D eigenvalue weighted by Gasteiger charge is 1.95. The third-order valence-corrected chi connectivity index (χ3v) is 1.45. The first kappa shape index (κ1) is 9.41. The van der Waals surface area contributed by atoms with Crippen LogP contribution in [0.1, 0.15) is 34.1 Å². The minimum absolute atomic E-state index is 0.181. The number of carbonyl (C=O) groups excluding carboxylic acids is 1. The molecule has 1 nitrogen and oxygen atoms in total. The van der Waals surface area contributed by atoms with Gasteiger partial charge in [0.25, 0.3) is 0 Å². The van der Waals surface area contributed by atoms with Gasteiger partial charge < -0.3 is 0 Å². The van der Waals surface area contributed by atoms with Gasteiger partial charge >= 0.3 is 0 Å². The highest BCUT2D eigenvalue weighted by molar-refractivity contribution is 5.92. The summed E-state index contributed by atoms with van der Waals surface area (Å²) in [7, 11) is 0. The number of hydrogen-bond acceptors (Lipinski definition) is 1. The van der Waals surface area contributed by atoms with Crippen molar-refractivity contribution in [2.45, 2.75) is 34.1 Å². The van der Waals surface area contributed by atoms with Gasteiger partial charge in [0.15, 0.2) is 5.78 Å². The molecule has 0 unspecified atom stereocenters. The van der Waals surface area contributed by atoms with Crippen LogP contribution < -0.4 is 0 Å². The molecule has 0 saturated carbocycles. The highest BCUT2D eigenvalue weighted by Crippen LogP contribution is 2.04. The Morgan fingerprint density at radius 2 is 1.90 bits per heavy atom. The predicted molar refractivity (Wildman–Crippen MR) is 43.9 cm³/mol. The molecule has 0 aliphatic rings. The van der Waals surface area contributed by atoms with E-state index in [1.165, 1.54) is 0 Å². The Hall–Kier alpha value is -0.590. The molecule has 1 heteroatoms. The Morgan fingerprint density at radius 1 is 1.40 bits per heavy atom. The first-order valence-electron chi connectivity index (χ1n) is 3.71. The zero-order valence-electron chi connectivity index (χ0n) is 7.27. The van der Waals surface area contributed by atoms with Crippen LogP contribution in [0.2, 0.25) is 0 Å². The van der Waals surface area contributed by atoms with Gasteiger partial charge in [-0.1, -0.05) is 19.9 Å². The zero-order valence-corrected chi connectivity index (χ0v) is 7.27. The number of ketones is 1. The van der Waals surface area contributed by atoms with E-state index in [4.69, 9.17) is 0 Å². The van der Waals surface area contributed by atoms with Crippen LogP contribution in [0.5, 0.6) is 0 Å². The van der Waals surface area contributed by atoms with Crippen molar-refractivity contribution in [3.63, 3.8) is 0 Å². The predicted octanol–water partition coefficient (Wildman–Crippen LogP) is 2.57. The van der Waals surface area contributed by atoms with Crippen molar-refractivity contribution in [1.82, 2.24) is 0 Å². The molecule has 0 aromatic heterocycles. The lowest BCUT2D eigenvalue weighted by molar-refractivity contribution is -0.113. The van der Waals surface area contributed by atoms with E-state index in [2.05, 4.69) is 13.8 Å². The van der Waals surface area contributed by atoms with Gasteiger partial charge in [-0.2, -0.15) is 0 Å². The Kier molecular flexibility index (Phi) is 4.01. The van der Waals surface area contributed by atoms with Crippen LogP contribution in [0.15, 0.2) is 11.6 Å². The lowest BCUT2D eigenvalue weighted by Gasteiger charge is -1.98. The summed E-state index contributed by atoms with van der Waals surface area (Å²) >= 11 is 0. The largest absolute Gasteiger partial charge is 0.295 e. The molecule has 0 heterocycles. The third-order valence-electron chi connectivity index (χ3n) is 1.45. The summed E-state index contributed by atoms with van der Waals surface area (Å²) in [6.07, 6.45) is 3.01. The molecule has 0 spiro atoms. The second-order valence-corrected chi connectivity index (χ2v) is 3.07. The van der Waals surface area contributed by atoms with Crippen LogP contribution in [0.25, 0.3) is 0 Å². The van der Waals surface area contributed by atoms with Crippen LogP contribution in [0.4, 0.5) is 0 Å². The monoisotopic (exact) mass is 140 g/mol. The van der Waals surface area contributed by atoms with E-state index in [1.807, 2.05) is 13.0 Å². The minimum atomic E-state index is 0.181. The summed E-state index contributed by atoms with van der Waals surface area (Å²) < 4.78 is 0. The van der Waals surface area contributed by atoms with Crippen LogP contribution >= 0.6 is 0 Å². The second-order valence-electron chi connectivity index (χ2n) is 3.07. The second kappa shape index (κ2) is 4.26. The molecule has 0 radical (unpaired) electrons. The van der Waals surface area contributed by atoms with Gasteiger partial charge in [0.1, 0.15) is 0 Å². The summed E-state index contributed by atoms with van der Waals surface area (Å²) in [4.78, 5) is 10.7. The van der Waals surface area contributed by atoms with Crippen molar-refractivity contribution in [1.29, 1.82) is 0 Å². The third kappa shape index (κ3) is 4.30. The van der Waals surface area contributed by atoms with Crippen LogP contribution in [-0.4, -0.2) is 5.78 Å². The van der Waals surface area contributed by atoms with E-state index in [9.17, 15) is 4.79 Å². The number of hydrogen-bond donors (Lipinski definition) is 0. The molecule has 0 saturated heterocycles. The van der Waals surface area contributed by atoms with E-state index in [0.717, 1.165) is 12.0 Å². The number of Topliss-reactive ketones (excluding diaryl/α,β-unsaturated/α-hetero) is 1. The zero-order chi connectivity index (χ0) is 8.15. The molecular weight excluding hydrogens is 124 g/mol. The molecular formula is C9H16O. The van der Waals surface area contributed by atoms with Crippen molar-refractivity contribution in [2.75, 3.05) is 0 Å². The summed E-state index contributed by atoms with van der Waals surface area (Å²) in [6.45, 7) is 7.75. The molecule has 0 aliphatic heterocycles. The molecule has 10 heavy (non-hydrogen) atoms. The van der Waals surface area contributed by atoms with Gasteiger partial charge in [0, 0.05) is 0 Å². The van der Waals surface area contributed by atoms with Gasteiger partial charge in [-0.05, 0) is 31.8 Å². The lowest BCUT2D eigenvalue weighted by atomic mass is 10.1. The smallest absolute Gasteiger partial charge is 0.155 e. The van der Waals surface area contributed by atoms with Crippen LogP contribution in [-0.2, 0) is 4.79 Å². The Morgan fingerprint density at radius 3 is 2.20 bits per heavy atom. The number of allylic oxidation sites excluding steroid dienone is 2. The average molecular weight is 140 g/mol. The summed E-state index contributed by atoms with van der Waals surface area (Å²) in [5.41, 5.74) is 0.883. The van der Waals surface area contributed by atoms with Gasteiger partial charge in [-0.3, -0.25) is 4.79 Å². The molecule has 58 valence electrons. The molecule has 0 rings (SSSR count). The van der Waals surface area contributed by atoms with Crippen molar-refractivity contribution >= 4 is 5.78 Å². The van der Waals surface area contributed by atoms with E-state index in [-0.39, 0.29) is 5.78 Å². The first-order chi connectivity index (χ1) is 4.54. The van der Waals surface area contributed by atoms with E-state index < -0.39 is 0 Å². The molecule has 0 aromatic rings. The fourth-order valence-electron chi connectivity index (χ4n) is 0.556. The number of carbonyl (C=O) groups is 1. The lowest BCUT2D eigenvalue weighted by Crippen LogP contribution is -1.92. The maximum Gasteiger partial charge on any atom is 0.155 e. The molecule has 0 fully saturated rings. The normalized spacial score (nSPS) is 12.3. The Bertz CT molecular complexity index is 143. The van der Waals surface area contributed by atoms with Crippen molar-refractivity contribution in [3.05, 3.63) is 11.6 Å². The van der Waals surface area contributed by atoms with Crippen molar-refractivity contribution in [3.8, 4) is 0 Å². The minimum Gasteiger partial charge on any atom is -0.295 e. The maximum atomic E-state index is 10.7. The SMILES string of the molecule is CC(=O)C(C)=CCC(C)C. The first-order valence-corrected chi connectivity index (χ1v) is 3.71. The fraction of sp³-hybridized carbons (Fsp3) is 0.667. The molecule has 0 aromatic carbocycles. The maximum absolute atomic E-state index is 10.7. The van der Waals surface area contributed by atoms with Crippen molar-refractivity contribution < 1.29 is 4.79 Å². The number of rotatable bonds is 3. The van der Waals surface area contributed by atoms with E-state index in [1.54, 1.807) is 6.92 Å². The highest BCUT2D eigenvalue weighted by atomic mass is 16.1. The summed E-state index contributed by atoms with van der Waals surface area (Å²) in [5, 5.41) is 0. The average Bonchev–Trinajstić information content (AvgIpc) is 1.82. The van der Waals surface area contributed by atoms with Crippen LogP contribution in [0, 0.1) is 5.92 Å². The topological polar surface area (TPSA) is 17.1 Å². The molecule has 0 atom stereocenters. The summed E-state index contributed by atoms with van der Waals surface area (Å²) in [5.74, 6) is 0.829. The molecule has 0 N–H and O–H groups in total. The van der Waals surface area contributed by atoms with Gasteiger partial charge in [-0.15, -0.1) is 0 Å². The molecule has 0 bridgehead atoms. The van der Waals surface area contributed by atoms with Crippen LogP contribution in [0.3, 0.4) is 0 Å². The van der Waals surface area contributed by atoms with Gasteiger partial charge in [-0.25, -0.2) is 0 Å². The van der Waals surface area contributed by atoms with E-state index in [0.29, 0.717) is 5.92 Å². The van der Waals surface area contributed by atoms with Gasteiger partial charge in [0.2, 0.25) is 0 Å². The Labute approximate surface area is 63.1 Å². The standard InChI is InChI=1S/C9H16O/c1-7(2)5-6-8(3)9(4)10/h6-7H,5H2,1-4H3.